The van der Waals surface area contributed by atoms with Crippen LogP contribution in [-0.4, -0.2) is 25.0 Å². The van der Waals surface area contributed by atoms with Crippen molar-refractivity contribution in [3.05, 3.63) is 58.6 Å². The van der Waals surface area contributed by atoms with Crippen LogP contribution < -0.4 is 20.3 Å². The second-order valence-electron chi connectivity index (χ2n) is 6.40. The molecule has 0 aliphatic heterocycles. The summed E-state index contributed by atoms with van der Waals surface area (Å²) in [4.78, 5) is 24.2. The molecule has 7 heteroatoms. The SMILES string of the molecule is Cc1cc(OCC(=O)NNC(=O)c2ccccc2OCC(C)C)ccc1Cl. The van der Waals surface area contributed by atoms with Crippen molar-refractivity contribution in [3.63, 3.8) is 0 Å². The Morgan fingerprint density at radius 2 is 1.81 bits per heavy atom. The standard InChI is InChI=1S/C20H23ClN2O4/c1-13(2)11-27-18-7-5-4-6-16(18)20(25)23-22-19(24)12-26-15-8-9-17(21)14(3)10-15/h4-10,13H,11-12H2,1-3H3,(H,22,24)(H,23,25). The summed E-state index contributed by atoms with van der Waals surface area (Å²) in [6, 6.07) is 12.0. The molecule has 0 atom stereocenters. The van der Waals surface area contributed by atoms with Gasteiger partial charge in [0.15, 0.2) is 6.61 Å². The van der Waals surface area contributed by atoms with Gasteiger partial charge in [0.2, 0.25) is 0 Å². The van der Waals surface area contributed by atoms with Crippen LogP contribution >= 0.6 is 11.6 Å². The molecule has 0 aliphatic rings. The number of para-hydroxylation sites is 1. The number of nitrogens with one attached hydrogen (secondary N) is 2. The highest BCUT2D eigenvalue weighted by molar-refractivity contribution is 6.31. The van der Waals surface area contributed by atoms with Gasteiger partial charge in [0, 0.05) is 5.02 Å². The highest BCUT2D eigenvalue weighted by Gasteiger charge is 2.13. The van der Waals surface area contributed by atoms with Crippen LogP contribution in [0.3, 0.4) is 0 Å². The average Bonchev–Trinajstić information content (AvgIpc) is 2.65. The van der Waals surface area contributed by atoms with Crippen LogP contribution in [0.15, 0.2) is 42.5 Å². The molecule has 0 bridgehead atoms. The van der Waals surface area contributed by atoms with Crippen LogP contribution in [0, 0.1) is 12.8 Å². The zero-order valence-corrected chi connectivity index (χ0v) is 16.3. The molecule has 2 aromatic carbocycles. The van der Waals surface area contributed by atoms with Crippen molar-refractivity contribution in [2.75, 3.05) is 13.2 Å². The molecule has 2 aromatic rings. The molecule has 2 N–H and O–H groups in total. The molecule has 0 radical (unpaired) electrons. The van der Waals surface area contributed by atoms with Gasteiger partial charge in [-0.05, 0) is 48.7 Å². The zero-order chi connectivity index (χ0) is 19.8. The van der Waals surface area contributed by atoms with Gasteiger partial charge in [0.25, 0.3) is 11.8 Å². The van der Waals surface area contributed by atoms with Crippen LogP contribution in [0.2, 0.25) is 5.02 Å². The largest absolute Gasteiger partial charge is 0.492 e. The molecule has 2 rings (SSSR count). The third-order valence-corrected chi connectivity index (χ3v) is 3.94. The summed E-state index contributed by atoms with van der Waals surface area (Å²) in [5, 5.41) is 0.623. The van der Waals surface area contributed by atoms with E-state index >= 15 is 0 Å². The molecule has 0 fully saturated rings. The van der Waals surface area contributed by atoms with Gasteiger partial charge in [-0.25, -0.2) is 0 Å². The van der Waals surface area contributed by atoms with E-state index in [4.69, 9.17) is 21.1 Å². The fourth-order valence-corrected chi connectivity index (χ4v) is 2.24. The number of hydrogen-bond donors (Lipinski definition) is 2. The van der Waals surface area contributed by atoms with Gasteiger partial charge in [0.05, 0.1) is 12.2 Å². The predicted molar refractivity (Wildman–Crippen MR) is 104 cm³/mol. The number of carbonyl (C=O) groups excluding carboxylic acids is 2. The number of ether oxygens (including phenoxy) is 2. The minimum atomic E-state index is -0.489. The van der Waals surface area contributed by atoms with E-state index in [9.17, 15) is 9.59 Å². The smallest absolute Gasteiger partial charge is 0.276 e. The maximum atomic E-state index is 12.3. The maximum Gasteiger partial charge on any atom is 0.276 e. The van der Waals surface area contributed by atoms with Crippen LogP contribution in [0.1, 0.15) is 29.8 Å². The Balaban J connectivity index is 1.86. The molecule has 0 saturated heterocycles. The lowest BCUT2D eigenvalue weighted by Crippen LogP contribution is -2.44. The maximum absolute atomic E-state index is 12.3. The first-order valence-corrected chi connectivity index (χ1v) is 8.94. The molecule has 2 amide bonds. The number of amides is 2. The first-order valence-electron chi connectivity index (χ1n) is 8.56. The van der Waals surface area contributed by atoms with E-state index in [2.05, 4.69) is 10.9 Å². The number of rotatable bonds is 7. The van der Waals surface area contributed by atoms with E-state index in [0.29, 0.717) is 34.6 Å². The molecule has 0 saturated carbocycles. The topological polar surface area (TPSA) is 76.7 Å². The number of benzene rings is 2. The monoisotopic (exact) mass is 390 g/mol. The molecule has 0 spiro atoms. The van der Waals surface area contributed by atoms with Crippen LogP contribution in [0.4, 0.5) is 0 Å². The molecular formula is C20H23ClN2O4. The Hall–Kier alpha value is -2.73. The van der Waals surface area contributed by atoms with E-state index in [1.54, 1.807) is 42.5 Å². The van der Waals surface area contributed by atoms with Crippen molar-refractivity contribution in [3.8, 4) is 11.5 Å². The Morgan fingerprint density at radius 3 is 2.52 bits per heavy atom. The summed E-state index contributed by atoms with van der Waals surface area (Å²) >= 11 is 5.95. The lowest BCUT2D eigenvalue weighted by Gasteiger charge is -2.13. The Bertz CT molecular complexity index is 808. The van der Waals surface area contributed by atoms with E-state index in [0.717, 1.165) is 5.56 Å². The molecule has 0 heterocycles. The number of hydrogen-bond acceptors (Lipinski definition) is 4. The second kappa shape index (κ2) is 9.83. The summed E-state index contributed by atoms with van der Waals surface area (Å²) < 4.78 is 11.0. The van der Waals surface area contributed by atoms with Gasteiger partial charge in [-0.15, -0.1) is 0 Å². The fourth-order valence-electron chi connectivity index (χ4n) is 2.12. The van der Waals surface area contributed by atoms with Crippen molar-refractivity contribution in [1.29, 1.82) is 0 Å². The summed E-state index contributed by atoms with van der Waals surface area (Å²) in [5.74, 6) is 0.354. The molecular weight excluding hydrogens is 368 g/mol. The van der Waals surface area contributed by atoms with E-state index in [1.165, 1.54) is 0 Å². The number of hydrazine groups is 1. The average molecular weight is 391 g/mol. The lowest BCUT2D eigenvalue weighted by atomic mass is 10.2. The first-order chi connectivity index (χ1) is 12.9. The predicted octanol–water partition coefficient (Wildman–Crippen LogP) is 3.52. The molecule has 0 unspecified atom stereocenters. The Morgan fingerprint density at radius 1 is 1.07 bits per heavy atom. The van der Waals surface area contributed by atoms with Crippen LogP contribution in [-0.2, 0) is 4.79 Å². The summed E-state index contributed by atoms with van der Waals surface area (Å²) in [5.41, 5.74) is 5.88. The van der Waals surface area contributed by atoms with E-state index in [-0.39, 0.29) is 6.61 Å². The minimum absolute atomic E-state index is 0.243. The third kappa shape index (κ3) is 6.49. The van der Waals surface area contributed by atoms with Crippen molar-refractivity contribution in [1.82, 2.24) is 10.9 Å². The molecule has 6 nitrogen and oxygen atoms in total. The quantitative estimate of drug-likeness (QED) is 0.709. The Labute approximate surface area is 163 Å². The summed E-state index contributed by atoms with van der Waals surface area (Å²) in [7, 11) is 0. The normalized spacial score (nSPS) is 10.4. The summed E-state index contributed by atoms with van der Waals surface area (Å²) in [6.45, 7) is 6.13. The Kier molecular flexibility index (Phi) is 7.49. The summed E-state index contributed by atoms with van der Waals surface area (Å²) in [6.07, 6.45) is 0. The van der Waals surface area contributed by atoms with Gasteiger partial charge in [0.1, 0.15) is 11.5 Å². The molecule has 27 heavy (non-hydrogen) atoms. The molecule has 0 aromatic heterocycles. The molecule has 144 valence electrons. The highest BCUT2D eigenvalue weighted by Crippen LogP contribution is 2.21. The van der Waals surface area contributed by atoms with Crippen molar-refractivity contribution in [2.24, 2.45) is 5.92 Å². The van der Waals surface area contributed by atoms with Gasteiger partial charge >= 0.3 is 0 Å². The number of carbonyl (C=O) groups is 2. The number of aryl methyl sites for hydroxylation is 1. The van der Waals surface area contributed by atoms with E-state index in [1.807, 2.05) is 20.8 Å². The van der Waals surface area contributed by atoms with Gasteiger partial charge < -0.3 is 9.47 Å². The molecule has 0 aliphatic carbocycles. The zero-order valence-electron chi connectivity index (χ0n) is 15.5. The minimum Gasteiger partial charge on any atom is -0.492 e. The van der Waals surface area contributed by atoms with Gasteiger partial charge in [-0.2, -0.15) is 0 Å². The lowest BCUT2D eigenvalue weighted by molar-refractivity contribution is -0.123. The third-order valence-electron chi connectivity index (χ3n) is 3.52. The van der Waals surface area contributed by atoms with Crippen molar-refractivity contribution < 1.29 is 19.1 Å². The van der Waals surface area contributed by atoms with Crippen molar-refractivity contribution >= 4 is 23.4 Å². The fraction of sp³-hybridized carbons (Fsp3) is 0.300. The van der Waals surface area contributed by atoms with Gasteiger partial charge in [-0.3, -0.25) is 20.4 Å². The van der Waals surface area contributed by atoms with Crippen LogP contribution in [0.5, 0.6) is 11.5 Å². The van der Waals surface area contributed by atoms with Crippen molar-refractivity contribution in [2.45, 2.75) is 20.8 Å². The van der Waals surface area contributed by atoms with Crippen LogP contribution in [0.25, 0.3) is 0 Å². The van der Waals surface area contributed by atoms with Gasteiger partial charge in [-0.1, -0.05) is 37.6 Å². The van der Waals surface area contributed by atoms with E-state index < -0.39 is 11.8 Å². The highest BCUT2D eigenvalue weighted by atomic mass is 35.5. The number of halogens is 1. The first kappa shape index (κ1) is 20.6. The second-order valence-corrected chi connectivity index (χ2v) is 6.81.